The van der Waals surface area contributed by atoms with Crippen LogP contribution >= 0.6 is 12.2 Å². The number of fused-ring (bicyclic) bond motifs is 1. The van der Waals surface area contributed by atoms with Gasteiger partial charge in [0.05, 0.1) is 19.2 Å². The zero-order valence-corrected chi connectivity index (χ0v) is 19.6. The number of methoxy groups -OCH3 is 1. The van der Waals surface area contributed by atoms with Crippen LogP contribution < -0.4 is 15.6 Å². The first-order valence-electron chi connectivity index (χ1n) is 10.3. The highest BCUT2D eigenvalue weighted by Gasteiger charge is 2.13. The van der Waals surface area contributed by atoms with Crippen molar-refractivity contribution in [3.63, 3.8) is 0 Å². The lowest BCUT2D eigenvalue weighted by Gasteiger charge is -2.26. The Kier molecular flexibility index (Phi) is 9.55. The molecule has 2 aromatic rings. The Morgan fingerprint density at radius 1 is 1.07 bits per heavy atom. The quantitative estimate of drug-likeness (QED) is 0.416. The van der Waals surface area contributed by atoms with Crippen molar-refractivity contribution in [3.8, 4) is 5.75 Å². The van der Waals surface area contributed by atoms with Crippen molar-refractivity contribution in [3.05, 3.63) is 40.2 Å². The average molecular weight is 434 g/mol. The molecule has 0 bridgehead atoms. The van der Waals surface area contributed by atoms with E-state index in [-0.39, 0.29) is 5.56 Å². The van der Waals surface area contributed by atoms with Gasteiger partial charge in [0.15, 0.2) is 5.11 Å². The van der Waals surface area contributed by atoms with Crippen molar-refractivity contribution in [2.24, 2.45) is 0 Å². The first-order chi connectivity index (χ1) is 14.3. The maximum Gasteiger partial charge on any atom is 0.253 e. The van der Waals surface area contributed by atoms with Crippen LogP contribution in [0.25, 0.3) is 10.9 Å². The number of hydrogen-bond acceptors (Lipinski definition) is 5. The SMILES string of the molecule is COc1ccc2cc(CN(CCCN(C)C)C(=S)NCCCN(C)C)c(=O)[nH]c2c1. The number of thiocarbonyl (C=S) groups is 1. The highest BCUT2D eigenvalue weighted by Crippen LogP contribution is 2.19. The zero-order chi connectivity index (χ0) is 22.1. The smallest absolute Gasteiger partial charge is 0.253 e. The van der Waals surface area contributed by atoms with E-state index in [1.165, 1.54) is 0 Å². The summed E-state index contributed by atoms with van der Waals surface area (Å²) in [7, 11) is 9.86. The minimum Gasteiger partial charge on any atom is -0.497 e. The number of H-pyrrole nitrogens is 1. The third-order valence-corrected chi connectivity index (χ3v) is 5.27. The molecule has 0 fully saturated rings. The number of pyridine rings is 1. The largest absolute Gasteiger partial charge is 0.497 e. The minimum absolute atomic E-state index is 0.0937. The third-order valence-electron chi connectivity index (χ3n) is 4.87. The number of nitrogens with zero attached hydrogens (tertiary/aromatic N) is 3. The molecule has 0 saturated carbocycles. The van der Waals surface area contributed by atoms with E-state index >= 15 is 0 Å². The maximum atomic E-state index is 12.7. The number of aromatic amines is 1. The van der Waals surface area contributed by atoms with Gasteiger partial charge in [-0.15, -0.1) is 0 Å². The fourth-order valence-corrected chi connectivity index (χ4v) is 3.47. The molecule has 2 N–H and O–H groups in total. The summed E-state index contributed by atoms with van der Waals surface area (Å²) in [4.78, 5) is 22.1. The number of benzene rings is 1. The summed E-state index contributed by atoms with van der Waals surface area (Å²) in [5.74, 6) is 0.722. The van der Waals surface area contributed by atoms with Crippen molar-refractivity contribution in [2.75, 3.05) is 61.5 Å². The summed E-state index contributed by atoms with van der Waals surface area (Å²) in [5, 5.41) is 5.03. The second kappa shape index (κ2) is 11.9. The lowest BCUT2D eigenvalue weighted by Crippen LogP contribution is -2.42. The van der Waals surface area contributed by atoms with Gasteiger partial charge >= 0.3 is 0 Å². The highest BCUT2D eigenvalue weighted by molar-refractivity contribution is 7.80. The number of hydrogen-bond donors (Lipinski definition) is 2. The first kappa shape index (κ1) is 24.1. The summed E-state index contributed by atoms with van der Waals surface area (Å²) < 4.78 is 5.25. The van der Waals surface area contributed by atoms with Crippen molar-refractivity contribution in [1.29, 1.82) is 0 Å². The molecule has 0 atom stereocenters. The maximum absolute atomic E-state index is 12.7. The van der Waals surface area contributed by atoms with E-state index in [0.29, 0.717) is 17.2 Å². The standard InChI is InChI=1S/C22H35N5O2S/c1-25(2)11-6-10-23-22(30)27(13-7-12-26(3)4)16-18-14-17-8-9-19(29-5)15-20(17)24-21(18)28/h8-9,14-15H,6-7,10-13,16H2,1-5H3,(H,23,30)(H,24,28). The van der Waals surface area contributed by atoms with Crippen LogP contribution in [0.4, 0.5) is 0 Å². The van der Waals surface area contributed by atoms with E-state index in [0.717, 1.165) is 55.7 Å². The van der Waals surface area contributed by atoms with Crippen LogP contribution in [0, 0.1) is 0 Å². The van der Waals surface area contributed by atoms with Crippen molar-refractivity contribution < 1.29 is 4.74 Å². The molecule has 8 heteroatoms. The van der Waals surface area contributed by atoms with Gasteiger partial charge in [-0.3, -0.25) is 4.79 Å². The molecule has 0 unspecified atom stereocenters. The van der Waals surface area contributed by atoms with Crippen molar-refractivity contribution in [1.82, 2.24) is 25.0 Å². The second-order valence-electron chi connectivity index (χ2n) is 8.04. The van der Waals surface area contributed by atoms with Crippen molar-refractivity contribution in [2.45, 2.75) is 19.4 Å². The van der Waals surface area contributed by atoms with Gasteiger partial charge in [-0.25, -0.2) is 0 Å². The third kappa shape index (κ3) is 7.59. The Bertz CT molecular complexity index is 881. The molecule has 1 aromatic heterocycles. The van der Waals surface area contributed by atoms with E-state index in [2.05, 4.69) is 53.2 Å². The molecule has 0 amide bonds. The Morgan fingerprint density at radius 3 is 2.43 bits per heavy atom. The van der Waals surface area contributed by atoms with Crippen LogP contribution in [0.15, 0.2) is 29.1 Å². The van der Waals surface area contributed by atoms with Crippen LogP contribution in [0.5, 0.6) is 5.75 Å². The van der Waals surface area contributed by atoms with Gasteiger partial charge in [0, 0.05) is 24.7 Å². The summed E-state index contributed by atoms with van der Waals surface area (Å²) >= 11 is 5.66. The summed E-state index contributed by atoms with van der Waals surface area (Å²) in [6.45, 7) is 4.05. The topological polar surface area (TPSA) is 63.8 Å². The Morgan fingerprint density at radius 2 is 1.77 bits per heavy atom. The summed E-state index contributed by atoms with van der Waals surface area (Å²) in [6.07, 6.45) is 1.98. The molecule has 0 aliphatic carbocycles. The van der Waals surface area contributed by atoms with Crippen LogP contribution in [0.1, 0.15) is 18.4 Å². The Balaban J connectivity index is 2.14. The van der Waals surface area contributed by atoms with Gasteiger partial charge in [0.25, 0.3) is 5.56 Å². The number of rotatable bonds is 11. The van der Waals surface area contributed by atoms with E-state index < -0.39 is 0 Å². The summed E-state index contributed by atoms with van der Waals surface area (Å²) in [5.41, 5.74) is 1.38. The molecule has 2 rings (SSSR count). The number of aromatic nitrogens is 1. The molecule has 166 valence electrons. The average Bonchev–Trinajstić information content (AvgIpc) is 2.69. The lowest BCUT2D eigenvalue weighted by molar-refractivity contribution is 0.339. The van der Waals surface area contributed by atoms with Gasteiger partial charge in [-0.05, 0) is 89.9 Å². The zero-order valence-electron chi connectivity index (χ0n) is 18.8. The van der Waals surface area contributed by atoms with Gasteiger partial charge in [0.2, 0.25) is 0 Å². The molecule has 0 radical (unpaired) electrons. The predicted molar refractivity (Wildman–Crippen MR) is 128 cm³/mol. The van der Waals surface area contributed by atoms with Crippen LogP contribution in [0.3, 0.4) is 0 Å². The molecule has 1 aromatic carbocycles. The summed E-state index contributed by atoms with van der Waals surface area (Å²) in [6, 6.07) is 7.64. The van der Waals surface area contributed by atoms with Gasteiger partial charge < -0.3 is 29.7 Å². The van der Waals surface area contributed by atoms with Crippen molar-refractivity contribution >= 4 is 28.2 Å². The molecular weight excluding hydrogens is 398 g/mol. The molecular formula is C22H35N5O2S. The van der Waals surface area contributed by atoms with Gasteiger partial charge in [-0.1, -0.05) is 0 Å². The van der Waals surface area contributed by atoms with Crippen LogP contribution in [-0.4, -0.2) is 86.3 Å². The Labute approximate surface area is 185 Å². The number of nitrogens with one attached hydrogen (secondary N) is 2. The molecule has 0 aliphatic heterocycles. The minimum atomic E-state index is -0.0937. The van der Waals surface area contributed by atoms with E-state index in [9.17, 15) is 4.79 Å². The van der Waals surface area contributed by atoms with E-state index in [4.69, 9.17) is 17.0 Å². The van der Waals surface area contributed by atoms with E-state index in [1.807, 2.05) is 24.3 Å². The first-order valence-corrected chi connectivity index (χ1v) is 10.7. The normalized spacial score (nSPS) is 11.3. The monoisotopic (exact) mass is 433 g/mol. The van der Waals surface area contributed by atoms with Crippen LogP contribution in [-0.2, 0) is 6.54 Å². The van der Waals surface area contributed by atoms with Crippen LogP contribution in [0.2, 0.25) is 0 Å². The molecule has 1 heterocycles. The Hall–Kier alpha value is -2.16. The van der Waals surface area contributed by atoms with Gasteiger partial charge in [0.1, 0.15) is 5.75 Å². The number of ether oxygens (including phenoxy) is 1. The molecule has 0 saturated heterocycles. The molecule has 30 heavy (non-hydrogen) atoms. The predicted octanol–water partition coefficient (Wildman–Crippen LogP) is 2.12. The second-order valence-corrected chi connectivity index (χ2v) is 8.43. The molecule has 0 spiro atoms. The molecule has 7 nitrogen and oxygen atoms in total. The fourth-order valence-electron chi connectivity index (χ4n) is 3.21. The lowest BCUT2D eigenvalue weighted by atomic mass is 10.1. The fraction of sp³-hybridized carbons (Fsp3) is 0.545. The highest BCUT2D eigenvalue weighted by atomic mass is 32.1. The van der Waals surface area contributed by atoms with Gasteiger partial charge in [-0.2, -0.15) is 0 Å². The van der Waals surface area contributed by atoms with E-state index in [1.54, 1.807) is 7.11 Å². The molecule has 0 aliphatic rings.